The van der Waals surface area contributed by atoms with Gasteiger partial charge in [0.15, 0.2) is 24.2 Å². The van der Waals surface area contributed by atoms with Crippen molar-refractivity contribution in [3.63, 3.8) is 0 Å². The topological polar surface area (TPSA) is 88.9 Å². The van der Waals surface area contributed by atoms with Gasteiger partial charge in [-0.1, -0.05) is 12.1 Å². The number of fused-ring (bicyclic) bond motifs is 1. The van der Waals surface area contributed by atoms with E-state index in [0.29, 0.717) is 31.1 Å². The molecule has 1 aromatic carbocycles. The molecular weight excluding hydrogens is 424 g/mol. The van der Waals surface area contributed by atoms with Gasteiger partial charge in [0.05, 0.1) is 13.2 Å². The van der Waals surface area contributed by atoms with Crippen molar-refractivity contribution < 1.29 is 28.5 Å². The second kappa shape index (κ2) is 9.77. The Morgan fingerprint density at radius 1 is 1.12 bits per heavy atom. The SMILES string of the molecule is CCOc1ncccc1C(=O)OCC(=O)c1cc(C)n(C[C@@H]2COc3ccccc3O2)c1C. The molecule has 0 saturated heterocycles. The number of Topliss-reactive ketones (excluding diaryl/α,β-unsaturated/α-hetero) is 1. The maximum Gasteiger partial charge on any atom is 0.344 e. The Balaban J connectivity index is 1.41. The second-order valence-corrected chi connectivity index (χ2v) is 7.68. The summed E-state index contributed by atoms with van der Waals surface area (Å²) in [6.07, 6.45) is 1.34. The van der Waals surface area contributed by atoms with Gasteiger partial charge in [-0.25, -0.2) is 9.78 Å². The van der Waals surface area contributed by atoms with Crippen LogP contribution in [0.3, 0.4) is 0 Å². The highest BCUT2D eigenvalue weighted by molar-refractivity contribution is 6.00. The van der Waals surface area contributed by atoms with Crippen LogP contribution in [0, 0.1) is 13.8 Å². The first-order valence-corrected chi connectivity index (χ1v) is 10.8. The average molecular weight is 450 g/mol. The van der Waals surface area contributed by atoms with Crippen molar-refractivity contribution in [2.45, 2.75) is 33.4 Å². The molecule has 0 aliphatic carbocycles. The van der Waals surface area contributed by atoms with Crippen LogP contribution in [0.2, 0.25) is 0 Å². The van der Waals surface area contributed by atoms with Gasteiger partial charge < -0.3 is 23.5 Å². The molecule has 0 unspecified atom stereocenters. The zero-order chi connectivity index (χ0) is 23.4. The number of hydrogen-bond acceptors (Lipinski definition) is 7. The molecule has 3 heterocycles. The van der Waals surface area contributed by atoms with E-state index in [1.165, 1.54) is 6.20 Å². The highest BCUT2D eigenvalue weighted by Gasteiger charge is 2.24. The van der Waals surface area contributed by atoms with Gasteiger partial charge in [-0.2, -0.15) is 0 Å². The molecule has 0 bridgehead atoms. The largest absolute Gasteiger partial charge is 0.486 e. The van der Waals surface area contributed by atoms with Crippen LogP contribution in [0.5, 0.6) is 17.4 Å². The van der Waals surface area contributed by atoms with Crippen molar-refractivity contribution in [1.82, 2.24) is 9.55 Å². The number of carbonyl (C=O) groups excluding carboxylic acids is 2. The summed E-state index contributed by atoms with van der Waals surface area (Å²) in [4.78, 5) is 29.3. The minimum Gasteiger partial charge on any atom is -0.486 e. The fourth-order valence-electron chi connectivity index (χ4n) is 3.81. The average Bonchev–Trinajstić information content (AvgIpc) is 3.11. The molecular formula is C25H26N2O6. The number of benzene rings is 1. The first kappa shape index (κ1) is 22.4. The molecule has 0 fully saturated rings. The van der Waals surface area contributed by atoms with Crippen LogP contribution in [-0.4, -0.2) is 47.2 Å². The number of nitrogens with zero attached hydrogens (tertiary/aromatic N) is 2. The van der Waals surface area contributed by atoms with E-state index in [0.717, 1.165) is 17.1 Å². The molecule has 1 aliphatic heterocycles. The first-order chi connectivity index (χ1) is 16.0. The minimum absolute atomic E-state index is 0.187. The first-order valence-electron chi connectivity index (χ1n) is 10.8. The van der Waals surface area contributed by atoms with Gasteiger partial charge in [-0.15, -0.1) is 0 Å². The Morgan fingerprint density at radius 2 is 1.91 bits per heavy atom. The Morgan fingerprint density at radius 3 is 2.70 bits per heavy atom. The summed E-state index contributed by atoms with van der Waals surface area (Å²) in [5, 5.41) is 0. The second-order valence-electron chi connectivity index (χ2n) is 7.68. The van der Waals surface area contributed by atoms with E-state index in [2.05, 4.69) is 4.98 Å². The number of esters is 1. The van der Waals surface area contributed by atoms with Gasteiger partial charge in [0.2, 0.25) is 11.7 Å². The molecule has 8 nitrogen and oxygen atoms in total. The van der Waals surface area contributed by atoms with E-state index in [9.17, 15) is 9.59 Å². The number of ether oxygens (including phenoxy) is 4. The summed E-state index contributed by atoms with van der Waals surface area (Å²) in [6.45, 7) is 6.54. The maximum absolute atomic E-state index is 12.8. The molecule has 1 atom stereocenters. The van der Waals surface area contributed by atoms with Crippen LogP contribution in [0.15, 0.2) is 48.7 Å². The summed E-state index contributed by atoms with van der Waals surface area (Å²) in [7, 11) is 0. The van der Waals surface area contributed by atoms with E-state index in [1.807, 2.05) is 42.7 Å². The third-order valence-electron chi connectivity index (χ3n) is 5.43. The van der Waals surface area contributed by atoms with Crippen LogP contribution in [0.25, 0.3) is 0 Å². The molecule has 0 amide bonds. The van der Waals surface area contributed by atoms with Crippen LogP contribution in [-0.2, 0) is 11.3 Å². The summed E-state index contributed by atoms with van der Waals surface area (Å²) in [5.74, 6) is 0.692. The summed E-state index contributed by atoms with van der Waals surface area (Å²) >= 11 is 0. The fraction of sp³-hybridized carbons (Fsp3) is 0.320. The zero-order valence-corrected chi connectivity index (χ0v) is 18.9. The number of ketones is 1. The van der Waals surface area contributed by atoms with E-state index < -0.39 is 5.97 Å². The smallest absolute Gasteiger partial charge is 0.344 e. The monoisotopic (exact) mass is 450 g/mol. The van der Waals surface area contributed by atoms with Gasteiger partial charge in [-0.3, -0.25) is 4.79 Å². The van der Waals surface area contributed by atoms with Crippen molar-refractivity contribution in [3.05, 3.63) is 71.2 Å². The van der Waals surface area contributed by atoms with Crippen molar-refractivity contribution in [2.75, 3.05) is 19.8 Å². The van der Waals surface area contributed by atoms with E-state index >= 15 is 0 Å². The van der Waals surface area contributed by atoms with Crippen LogP contribution < -0.4 is 14.2 Å². The predicted octanol–water partition coefficient (Wildman–Crippen LogP) is 3.78. The Kier molecular flexibility index (Phi) is 6.63. The summed E-state index contributed by atoms with van der Waals surface area (Å²) < 4.78 is 24.5. The molecule has 8 heteroatoms. The lowest BCUT2D eigenvalue weighted by Gasteiger charge is -2.27. The Labute approximate surface area is 192 Å². The normalized spacial score (nSPS) is 14.6. The number of carbonyl (C=O) groups is 2. The van der Waals surface area contributed by atoms with Gasteiger partial charge in [-0.05, 0) is 51.1 Å². The summed E-state index contributed by atoms with van der Waals surface area (Å²) in [5.41, 5.74) is 2.39. The van der Waals surface area contributed by atoms with Crippen molar-refractivity contribution >= 4 is 11.8 Å². The van der Waals surface area contributed by atoms with Gasteiger partial charge in [0.1, 0.15) is 12.2 Å². The lowest BCUT2D eigenvalue weighted by Crippen LogP contribution is -2.33. The molecule has 0 saturated carbocycles. The van der Waals surface area contributed by atoms with E-state index in [-0.39, 0.29) is 29.9 Å². The highest BCUT2D eigenvalue weighted by Crippen LogP contribution is 2.31. The third-order valence-corrected chi connectivity index (χ3v) is 5.43. The maximum atomic E-state index is 12.8. The fourth-order valence-corrected chi connectivity index (χ4v) is 3.81. The van der Waals surface area contributed by atoms with E-state index in [1.54, 1.807) is 25.1 Å². The zero-order valence-electron chi connectivity index (χ0n) is 18.9. The molecule has 0 spiro atoms. The number of rotatable bonds is 8. The van der Waals surface area contributed by atoms with Gasteiger partial charge >= 0.3 is 5.97 Å². The van der Waals surface area contributed by atoms with Crippen LogP contribution >= 0.6 is 0 Å². The van der Waals surface area contributed by atoms with Gasteiger partial charge in [0, 0.05) is 23.1 Å². The molecule has 0 N–H and O–H groups in total. The predicted molar refractivity (Wildman–Crippen MR) is 120 cm³/mol. The molecule has 33 heavy (non-hydrogen) atoms. The summed E-state index contributed by atoms with van der Waals surface area (Å²) in [6, 6.07) is 12.5. The Hall–Kier alpha value is -3.81. The number of hydrogen-bond donors (Lipinski definition) is 0. The standard InChI is InChI=1S/C25H26N2O6/c1-4-30-24-19(8-7-11-26-24)25(29)32-15-21(28)20-12-16(2)27(17(20)3)13-18-14-31-22-9-5-6-10-23(22)33-18/h5-12,18H,4,13-15H2,1-3H3/t18-/m1/s1. The van der Waals surface area contributed by atoms with Crippen LogP contribution in [0.1, 0.15) is 39.0 Å². The van der Waals surface area contributed by atoms with Crippen molar-refractivity contribution in [2.24, 2.45) is 0 Å². The minimum atomic E-state index is -0.653. The number of aryl methyl sites for hydroxylation is 1. The molecule has 0 radical (unpaired) electrons. The molecule has 4 rings (SSSR count). The van der Waals surface area contributed by atoms with Crippen molar-refractivity contribution in [3.8, 4) is 17.4 Å². The molecule has 1 aliphatic rings. The Bertz CT molecular complexity index is 1170. The van der Waals surface area contributed by atoms with Gasteiger partial charge in [0.25, 0.3) is 0 Å². The lowest BCUT2D eigenvalue weighted by molar-refractivity contribution is 0.0469. The third kappa shape index (κ3) is 4.84. The lowest BCUT2D eigenvalue weighted by atomic mass is 10.1. The van der Waals surface area contributed by atoms with Crippen LogP contribution in [0.4, 0.5) is 0 Å². The molecule has 2 aromatic heterocycles. The molecule has 172 valence electrons. The number of pyridine rings is 1. The quantitative estimate of drug-likeness (QED) is 0.381. The highest BCUT2D eigenvalue weighted by atomic mass is 16.6. The number of para-hydroxylation sites is 2. The number of aromatic nitrogens is 2. The van der Waals surface area contributed by atoms with E-state index in [4.69, 9.17) is 18.9 Å². The molecule has 3 aromatic rings. The van der Waals surface area contributed by atoms with Crippen molar-refractivity contribution in [1.29, 1.82) is 0 Å².